The third-order valence-corrected chi connectivity index (χ3v) is 5.89. The Morgan fingerprint density at radius 1 is 1.19 bits per heavy atom. The molecule has 0 aliphatic heterocycles. The molecule has 0 fully saturated rings. The van der Waals surface area contributed by atoms with Crippen molar-refractivity contribution in [3.63, 3.8) is 0 Å². The van der Waals surface area contributed by atoms with Crippen molar-refractivity contribution in [3.05, 3.63) is 78.3 Å². The van der Waals surface area contributed by atoms with Gasteiger partial charge in [0.15, 0.2) is 11.4 Å². The number of alkyl halides is 3. The molecule has 4 amide bonds. The predicted octanol–water partition coefficient (Wildman–Crippen LogP) is 3.97. The highest BCUT2D eigenvalue weighted by Crippen LogP contribution is 2.23. The van der Waals surface area contributed by atoms with Gasteiger partial charge in [0.2, 0.25) is 5.89 Å². The average molecular weight is 669 g/mol. The van der Waals surface area contributed by atoms with Crippen LogP contribution in [0, 0.1) is 12.3 Å². The van der Waals surface area contributed by atoms with E-state index in [0.717, 1.165) is 19.4 Å². The quantitative estimate of drug-likeness (QED) is 0.125. The standard InChI is InChI=1S/C31H31F3N8O6/c1-7-13-37-26(44)19-9-11-20(12-10-19)42-15-21(24(40-42)25(35)43)38-27(45)22-16-47-28(39-22)18(8-2)14-23(36-6)41(17-31(32,33)34)29(46)48-30(3,4)5/h1,8-12,14-16H,2,13,17H2,3-6H3,(H2,35,43)(H,37,44)(H,38,45)/b18-14+,36-23?. The molecule has 0 radical (unpaired) electrons. The number of halogens is 3. The number of benzene rings is 1. The monoisotopic (exact) mass is 668 g/mol. The fourth-order valence-electron chi connectivity index (χ4n) is 3.82. The van der Waals surface area contributed by atoms with Crippen LogP contribution in [0.15, 0.2) is 64.9 Å². The molecule has 4 N–H and O–H groups in total. The number of amides is 4. The number of hydrogen-bond donors (Lipinski definition) is 3. The molecule has 0 aliphatic rings. The minimum Gasteiger partial charge on any atom is -0.444 e. The summed E-state index contributed by atoms with van der Waals surface area (Å²) >= 11 is 0. The van der Waals surface area contributed by atoms with Crippen molar-refractivity contribution >= 4 is 40.9 Å². The lowest BCUT2D eigenvalue weighted by molar-refractivity contribution is -0.137. The first-order valence-electron chi connectivity index (χ1n) is 13.8. The first kappa shape index (κ1) is 36.3. The Labute approximate surface area is 272 Å². The summed E-state index contributed by atoms with van der Waals surface area (Å²) in [7, 11) is 1.16. The summed E-state index contributed by atoms with van der Waals surface area (Å²) in [6.07, 6.45) is 3.51. The molecule has 3 aromatic rings. The van der Waals surface area contributed by atoms with Crippen molar-refractivity contribution in [1.29, 1.82) is 0 Å². The number of primary amides is 1. The lowest BCUT2D eigenvalue weighted by Gasteiger charge is -2.28. The Morgan fingerprint density at radius 2 is 1.85 bits per heavy atom. The molecule has 0 atom stereocenters. The number of hydrogen-bond acceptors (Lipinski definition) is 9. The number of terminal acetylenes is 1. The number of carbonyl (C=O) groups is 4. The summed E-state index contributed by atoms with van der Waals surface area (Å²) in [5.41, 5.74) is 4.35. The molecule has 17 heteroatoms. The van der Waals surface area contributed by atoms with Crippen LogP contribution in [0.1, 0.15) is 58.0 Å². The molecule has 0 bridgehead atoms. The van der Waals surface area contributed by atoms with Gasteiger partial charge < -0.3 is 25.5 Å². The van der Waals surface area contributed by atoms with Gasteiger partial charge in [-0.1, -0.05) is 18.6 Å². The summed E-state index contributed by atoms with van der Waals surface area (Å²) < 4.78 is 51.9. The van der Waals surface area contributed by atoms with Gasteiger partial charge in [-0.2, -0.15) is 18.3 Å². The van der Waals surface area contributed by atoms with Crippen molar-refractivity contribution in [3.8, 4) is 18.0 Å². The molecule has 3 rings (SSSR count). The second-order valence-electron chi connectivity index (χ2n) is 10.7. The maximum atomic E-state index is 13.4. The number of carbonyl (C=O) groups excluding carboxylic acids is 4. The van der Waals surface area contributed by atoms with Crippen LogP contribution >= 0.6 is 0 Å². The molecule has 0 aliphatic carbocycles. The van der Waals surface area contributed by atoms with Crippen molar-refractivity contribution in [2.45, 2.75) is 32.5 Å². The van der Waals surface area contributed by atoms with E-state index in [2.05, 4.69) is 38.2 Å². The van der Waals surface area contributed by atoms with E-state index in [9.17, 15) is 32.3 Å². The van der Waals surface area contributed by atoms with Crippen LogP contribution in [0.3, 0.4) is 0 Å². The average Bonchev–Trinajstić information content (AvgIpc) is 3.67. The zero-order valence-corrected chi connectivity index (χ0v) is 26.2. The van der Waals surface area contributed by atoms with E-state index in [1.54, 1.807) is 0 Å². The van der Waals surface area contributed by atoms with Gasteiger partial charge in [0, 0.05) is 18.2 Å². The number of rotatable bonds is 10. The van der Waals surface area contributed by atoms with Crippen LogP contribution in [0.4, 0.5) is 23.7 Å². The van der Waals surface area contributed by atoms with Crippen molar-refractivity contribution in [2.24, 2.45) is 10.7 Å². The molecular formula is C31H31F3N8O6. The number of aromatic nitrogens is 3. The van der Waals surface area contributed by atoms with E-state index in [4.69, 9.17) is 21.3 Å². The van der Waals surface area contributed by atoms with Crippen LogP contribution in [0.25, 0.3) is 11.3 Å². The third kappa shape index (κ3) is 9.66. The number of nitrogens with zero attached hydrogens (tertiary/aromatic N) is 5. The van der Waals surface area contributed by atoms with Crippen LogP contribution in [0.5, 0.6) is 0 Å². The zero-order valence-electron chi connectivity index (χ0n) is 26.2. The van der Waals surface area contributed by atoms with E-state index in [1.807, 2.05) is 0 Å². The van der Waals surface area contributed by atoms with Gasteiger partial charge in [-0.15, -0.1) is 6.42 Å². The molecule has 2 heterocycles. The Kier molecular flexibility index (Phi) is 11.3. The first-order chi connectivity index (χ1) is 22.5. The van der Waals surface area contributed by atoms with Crippen LogP contribution in [-0.4, -0.2) is 81.2 Å². The minimum atomic E-state index is -4.80. The molecule has 252 valence electrons. The van der Waals surface area contributed by atoms with E-state index < -0.39 is 48.0 Å². The number of allylic oxidation sites excluding steroid dienone is 2. The normalized spacial score (nSPS) is 12.1. The summed E-state index contributed by atoms with van der Waals surface area (Å²) in [6.45, 7) is 6.41. The van der Waals surface area contributed by atoms with Gasteiger partial charge in [-0.05, 0) is 51.1 Å². The van der Waals surface area contributed by atoms with Gasteiger partial charge in [-0.3, -0.25) is 24.3 Å². The van der Waals surface area contributed by atoms with Gasteiger partial charge >= 0.3 is 12.3 Å². The number of amidine groups is 1. The minimum absolute atomic E-state index is 0.0348. The molecule has 14 nitrogen and oxygen atoms in total. The van der Waals surface area contributed by atoms with Crippen LogP contribution < -0.4 is 16.4 Å². The third-order valence-electron chi connectivity index (χ3n) is 5.89. The van der Waals surface area contributed by atoms with Gasteiger partial charge in [0.05, 0.1) is 24.1 Å². The Balaban J connectivity index is 1.87. The maximum Gasteiger partial charge on any atom is 0.416 e. The van der Waals surface area contributed by atoms with Gasteiger partial charge in [0.25, 0.3) is 17.7 Å². The lowest BCUT2D eigenvalue weighted by Crippen LogP contribution is -2.45. The van der Waals surface area contributed by atoms with E-state index >= 15 is 0 Å². The van der Waals surface area contributed by atoms with Crippen molar-refractivity contribution in [1.82, 2.24) is 25.0 Å². The smallest absolute Gasteiger partial charge is 0.416 e. The number of anilines is 1. The molecule has 1 aromatic carbocycles. The van der Waals surface area contributed by atoms with E-state index in [1.165, 1.54) is 62.0 Å². The second kappa shape index (κ2) is 14.9. The number of nitrogens with one attached hydrogen (secondary N) is 2. The van der Waals surface area contributed by atoms with Crippen LogP contribution in [0.2, 0.25) is 0 Å². The SMILES string of the molecule is C#CCNC(=O)c1ccc(-n2cc(NC(=O)c3coc(/C(C=C)=C/C(=NC)N(CC(F)(F)F)C(=O)OC(C)(C)C)n3)c(C(N)=O)n2)cc1. The number of oxazole rings is 1. The van der Waals surface area contributed by atoms with E-state index in [-0.39, 0.29) is 40.0 Å². The molecule has 2 aromatic heterocycles. The Bertz CT molecular complexity index is 1810. The summed E-state index contributed by atoms with van der Waals surface area (Å²) in [6, 6.07) is 6.07. The zero-order chi connectivity index (χ0) is 35.8. The summed E-state index contributed by atoms with van der Waals surface area (Å²) in [4.78, 5) is 58.1. The lowest BCUT2D eigenvalue weighted by atomic mass is 10.2. The van der Waals surface area contributed by atoms with E-state index in [0.29, 0.717) is 11.3 Å². The summed E-state index contributed by atoms with van der Waals surface area (Å²) in [5.74, 6) is -0.653. The van der Waals surface area contributed by atoms with Gasteiger partial charge in [0.1, 0.15) is 24.2 Å². The molecule has 48 heavy (non-hydrogen) atoms. The topological polar surface area (TPSA) is 187 Å². The molecule has 0 spiro atoms. The second-order valence-corrected chi connectivity index (χ2v) is 10.7. The Morgan fingerprint density at radius 3 is 2.40 bits per heavy atom. The number of ether oxygens (including phenoxy) is 1. The first-order valence-corrected chi connectivity index (χ1v) is 13.8. The molecule has 0 saturated heterocycles. The highest BCUT2D eigenvalue weighted by molar-refractivity contribution is 6.08. The predicted molar refractivity (Wildman–Crippen MR) is 168 cm³/mol. The Hall–Kier alpha value is -6.18. The number of aliphatic imine (C=N–C) groups is 1. The maximum absolute atomic E-state index is 13.4. The molecule has 0 saturated carbocycles. The highest BCUT2D eigenvalue weighted by Gasteiger charge is 2.37. The van der Waals surface area contributed by atoms with Crippen molar-refractivity contribution in [2.75, 3.05) is 25.5 Å². The summed E-state index contributed by atoms with van der Waals surface area (Å²) in [5, 5.41) is 9.10. The van der Waals surface area contributed by atoms with Crippen molar-refractivity contribution < 1.29 is 41.5 Å². The highest BCUT2D eigenvalue weighted by atomic mass is 19.4. The largest absolute Gasteiger partial charge is 0.444 e. The fourth-order valence-corrected chi connectivity index (χ4v) is 3.82. The number of nitrogens with two attached hydrogens (primary N) is 1. The molecular weight excluding hydrogens is 637 g/mol. The van der Waals surface area contributed by atoms with Crippen LogP contribution in [-0.2, 0) is 4.74 Å². The van der Waals surface area contributed by atoms with Gasteiger partial charge in [-0.25, -0.2) is 14.5 Å². The fraction of sp³-hybridized carbons (Fsp3) is 0.258. The molecule has 0 unspecified atom stereocenters.